The molecule has 3 nitrogen and oxygen atoms in total. The largest absolute Gasteiger partial charge is 0.494 e. The van der Waals surface area contributed by atoms with E-state index in [-0.39, 0.29) is 6.04 Å². The zero-order valence-corrected chi connectivity index (χ0v) is 12.3. The van der Waals surface area contributed by atoms with Gasteiger partial charge >= 0.3 is 0 Å². The summed E-state index contributed by atoms with van der Waals surface area (Å²) in [6.07, 6.45) is 3.07. The Labute approximate surface area is 116 Å². The van der Waals surface area contributed by atoms with Gasteiger partial charge in [0.25, 0.3) is 0 Å². The molecule has 0 aliphatic carbocycles. The number of ether oxygens (including phenoxy) is 1. The van der Waals surface area contributed by atoms with E-state index in [1.165, 1.54) is 0 Å². The molecule has 5 heteroatoms. The Morgan fingerprint density at radius 1 is 1.50 bits per heavy atom. The van der Waals surface area contributed by atoms with Crippen molar-refractivity contribution in [1.29, 1.82) is 0 Å². The lowest BCUT2D eigenvalue weighted by Gasteiger charge is -2.05. The van der Waals surface area contributed by atoms with Crippen LogP contribution in [0, 0.1) is 0 Å². The summed E-state index contributed by atoms with van der Waals surface area (Å²) in [6.45, 7) is 2.67. The van der Waals surface area contributed by atoms with Gasteiger partial charge in [0.1, 0.15) is 10.8 Å². The average Bonchev–Trinajstić information content (AvgIpc) is 2.79. The summed E-state index contributed by atoms with van der Waals surface area (Å²) in [5.41, 5.74) is 7.16. The average molecular weight is 282 g/mol. The predicted molar refractivity (Wildman–Crippen MR) is 80.7 cm³/mol. The van der Waals surface area contributed by atoms with Gasteiger partial charge in [-0.1, -0.05) is 0 Å². The van der Waals surface area contributed by atoms with Gasteiger partial charge < -0.3 is 10.5 Å². The first-order valence-corrected chi connectivity index (χ1v) is 8.23. The molecule has 0 fully saturated rings. The van der Waals surface area contributed by atoms with E-state index in [0.717, 1.165) is 33.1 Å². The van der Waals surface area contributed by atoms with Gasteiger partial charge in [0.2, 0.25) is 0 Å². The monoisotopic (exact) mass is 282 g/mol. The zero-order valence-electron chi connectivity index (χ0n) is 10.7. The lowest BCUT2D eigenvalue weighted by Crippen LogP contribution is -2.10. The number of hydrogen-bond donors (Lipinski definition) is 1. The summed E-state index contributed by atoms with van der Waals surface area (Å²) in [6, 6.07) is 6.05. The third-order valence-corrected chi connectivity index (χ3v) is 4.43. The summed E-state index contributed by atoms with van der Waals surface area (Å²) < 4.78 is 6.64. The molecule has 1 unspecified atom stereocenters. The van der Waals surface area contributed by atoms with Crippen LogP contribution < -0.4 is 10.5 Å². The molecule has 1 aromatic carbocycles. The van der Waals surface area contributed by atoms with E-state index in [2.05, 4.69) is 11.2 Å². The number of thioether (sulfide) groups is 1. The van der Waals surface area contributed by atoms with Crippen LogP contribution in [-0.2, 0) is 0 Å². The Kier molecular flexibility index (Phi) is 4.86. The lowest BCUT2D eigenvalue weighted by molar-refractivity contribution is 0.341. The third-order valence-electron chi connectivity index (χ3n) is 2.64. The van der Waals surface area contributed by atoms with Crippen LogP contribution in [0.3, 0.4) is 0 Å². The van der Waals surface area contributed by atoms with Crippen LogP contribution >= 0.6 is 23.1 Å². The van der Waals surface area contributed by atoms with Gasteiger partial charge in [0.05, 0.1) is 22.9 Å². The first-order valence-electron chi connectivity index (χ1n) is 6.02. The number of aromatic nitrogens is 1. The Hall–Kier alpha value is -0.780. The van der Waals surface area contributed by atoms with Gasteiger partial charge in [-0.3, -0.25) is 0 Å². The van der Waals surface area contributed by atoms with Crippen LogP contribution in [0.2, 0.25) is 0 Å². The van der Waals surface area contributed by atoms with Crippen LogP contribution in [-0.4, -0.2) is 23.6 Å². The molecule has 2 aromatic rings. The molecule has 0 spiro atoms. The molecule has 98 valence electrons. The van der Waals surface area contributed by atoms with E-state index in [1.54, 1.807) is 11.3 Å². The van der Waals surface area contributed by atoms with Gasteiger partial charge in [0.15, 0.2) is 0 Å². The molecule has 1 heterocycles. The van der Waals surface area contributed by atoms with E-state index in [9.17, 15) is 0 Å². The van der Waals surface area contributed by atoms with Crippen molar-refractivity contribution >= 4 is 33.3 Å². The zero-order chi connectivity index (χ0) is 13.0. The Balaban J connectivity index is 2.21. The van der Waals surface area contributed by atoms with Crippen LogP contribution in [0.4, 0.5) is 0 Å². The van der Waals surface area contributed by atoms with E-state index < -0.39 is 0 Å². The van der Waals surface area contributed by atoms with Gasteiger partial charge in [-0.2, -0.15) is 11.8 Å². The van der Waals surface area contributed by atoms with Crippen molar-refractivity contribution < 1.29 is 4.74 Å². The molecule has 0 aliphatic heterocycles. The Morgan fingerprint density at radius 3 is 3.06 bits per heavy atom. The molecule has 18 heavy (non-hydrogen) atoms. The smallest absolute Gasteiger partial charge is 0.120 e. The molecule has 0 radical (unpaired) electrons. The summed E-state index contributed by atoms with van der Waals surface area (Å²) in [5, 5.41) is 1.02. The highest BCUT2D eigenvalue weighted by atomic mass is 32.2. The number of thiazole rings is 1. The normalized spacial score (nSPS) is 12.8. The fraction of sp³-hybridized carbons (Fsp3) is 0.462. The molecule has 0 saturated heterocycles. The highest BCUT2D eigenvalue weighted by Crippen LogP contribution is 2.30. The Morgan fingerprint density at radius 2 is 2.33 bits per heavy atom. The molecule has 0 aliphatic rings. The van der Waals surface area contributed by atoms with E-state index in [4.69, 9.17) is 10.5 Å². The summed E-state index contributed by atoms with van der Waals surface area (Å²) >= 11 is 3.49. The van der Waals surface area contributed by atoms with Gasteiger partial charge in [-0.05, 0) is 43.6 Å². The second kappa shape index (κ2) is 6.41. The SMILES string of the molecule is CCOc1ccc2nc(C(N)CCSC)sc2c1. The number of nitrogens with two attached hydrogens (primary N) is 1. The van der Waals surface area contributed by atoms with Gasteiger partial charge in [0, 0.05) is 0 Å². The molecule has 1 atom stereocenters. The van der Waals surface area contributed by atoms with E-state index in [0.29, 0.717) is 6.61 Å². The lowest BCUT2D eigenvalue weighted by atomic mass is 10.2. The second-order valence-electron chi connectivity index (χ2n) is 4.00. The van der Waals surface area contributed by atoms with Crippen LogP contribution in [0.25, 0.3) is 10.2 Å². The highest BCUT2D eigenvalue weighted by Gasteiger charge is 2.12. The highest BCUT2D eigenvalue weighted by molar-refractivity contribution is 7.98. The maximum atomic E-state index is 6.14. The topological polar surface area (TPSA) is 48.1 Å². The van der Waals surface area contributed by atoms with E-state index >= 15 is 0 Å². The third kappa shape index (κ3) is 3.16. The van der Waals surface area contributed by atoms with Crippen molar-refractivity contribution in [2.24, 2.45) is 5.73 Å². The summed E-state index contributed by atoms with van der Waals surface area (Å²) in [7, 11) is 0. The summed E-state index contributed by atoms with van der Waals surface area (Å²) in [4.78, 5) is 4.60. The van der Waals surface area contributed by atoms with Crippen molar-refractivity contribution in [2.45, 2.75) is 19.4 Å². The van der Waals surface area contributed by atoms with Crippen molar-refractivity contribution in [3.05, 3.63) is 23.2 Å². The van der Waals surface area contributed by atoms with Crippen molar-refractivity contribution in [1.82, 2.24) is 4.98 Å². The molecule has 0 amide bonds. The number of benzene rings is 1. The van der Waals surface area contributed by atoms with Gasteiger partial charge in [-0.25, -0.2) is 4.98 Å². The molecule has 2 rings (SSSR count). The predicted octanol–water partition coefficient (Wildman–Crippen LogP) is 3.45. The second-order valence-corrected chi connectivity index (χ2v) is 6.05. The van der Waals surface area contributed by atoms with Crippen molar-refractivity contribution in [2.75, 3.05) is 18.6 Å². The number of hydrogen-bond acceptors (Lipinski definition) is 5. The fourth-order valence-corrected chi connectivity index (χ4v) is 3.23. The quantitative estimate of drug-likeness (QED) is 0.881. The van der Waals surface area contributed by atoms with Crippen molar-refractivity contribution in [3.63, 3.8) is 0 Å². The minimum atomic E-state index is 0.0467. The molecule has 0 saturated carbocycles. The Bertz CT molecular complexity index is 513. The molecular weight excluding hydrogens is 264 g/mol. The molecule has 0 bridgehead atoms. The maximum absolute atomic E-state index is 6.14. The minimum absolute atomic E-state index is 0.0467. The van der Waals surface area contributed by atoms with Gasteiger partial charge in [-0.15, -0.1) is 11.3 Å². The number of fused-ring (bicyclic) bond motifs is 1. The number of nitrogens with zero attached hydrogens (tertiary/aromatic N) is 1. The van der Waals surface area contributed by atoms with Crippen molar-refractivity contribution in [3.8, 4) is 5.75 Å². The van der Waals surface area contributed by atoms with E-state index in [1.807, 2.05) is 36.9 Å². The number of rotatable bonds is 6. The standard InChI is InChI=1S/C13H18N2OS2/c1-3-16-9-4-5-11-12(8-9)18-13(15-11)10(14)6-7-17-2/h4-5,8,10H,3,6-7,14H2,1-2H3. The van der Waals surface area contributed by atoms with Crippen LogP contribution in [0.5, 0.6) is 5.75 Å². The minimum Gasteiger partial charge on any atom is -0.494 e. The first-order chi connectivity index (χ1) is 8.74. The van der Waals surface area contributed by atoms with Crippen LogP contribution in [0.15, 0.2) is 18.2 Å². The van der Waals surface area contributed by atoms with Crippen LogP contribution in [0.1, 0.15) is 24.4 Å². The molecule has 1 aromatic heterocycles. The summed E-state index contributed by atoms with van der Waals surface area (Å²) in [5.74, 6) is 1.97. The fourth-order valence-electron chi connectivity index (χ4n) is 1.71. The molecular formula is C13H18N2OS2. The molecule has 2 N–H and O–H groups in total. The first kappa shape index (κ1) is 13.6. The maximum Gasteiger partial charge on any atom is 0.120 e.